The summed E-state index contributed by atoms with van der Waals surface area (Å²) in [5.41, 5.74) is 6.82. The van der Waals surface area contributed by atoms with Crippen LogP contribution in [0.5, 0.6) is 11.5 Å². The number of thiazole rings is 1. The molecule has 6 nitrogen and oxygen atoms in total. The first kappa shape index (κ1) is 15.3. The number of methoxy groups -OCH3 is 2. The summed E-state index contributed by atoms with van der Waals surface area (Å²) >= 11 is 1.32. The lowest BCUT2D eigenvalue weighted by atomic mass is 10.1. The minimum absolute atomic E-state index is 0.173. The Morgan fingerprint density at radius 1 is 1.33 bits per heavy atom. The van der Waals surface area contributed by atoms with Crippen molar-refractivity contribution in [3.63, 3.8) is 0 Å². The second-order valence-electron chi connectivity index (χ2n) is 4.36. The number of nitrogens with zero attached hydrogens (tertiary/aromatic N) is 1. The molecule has 0 spiro atoms. The highest BCUT2D eigenvalue weighted by atomic mass is 32.1. The number of hydrogen-bond donors (Lipinski definition) is 2. The van der Waals surface area contributed by atoms with Gasteiger partial charge in [0.1, 0.15) is 17.1 Å². The van der Waals surface area contributed by atoms with E-state index in [2.05, 4.69) is 10.3 Å². The van der Waals surface area contributed by atoms with Gasteiger partial charge in [-0.25, -0.2) is 4.98 Å². The molecule has 0 aliphatic heterocycles. The van der Waals surface area contributed by atoms with Crippen molar-refractivity contribution >= 4 is 22.4 Å². The number of anilines is 1. The number of aromatic nitrogens is 1. The van der Waals surface area contributed by atoms with Gasteiger partial charge in [0.05, 0.1) is 19.9 Å². The smallest absolute Gasteiger partial charge is 0.265 e. The fourth-order valence-electron chi connectivity index (χ4n) is 1.79. The van der Waals surface area contributed by atoms with Crippen molar-refractivity contribution < 1.29 is 14.3 Å². The van der Waals surface area contributed by atoms with E-state index in [1.165, 1.54) is 25.6 Å². The molecule has 0 aliphatic carbocycles. The predicted molar refractivity (Wildman–Crippen MR) is 82.2 cm³/mol. The third-order valence-electron chi connectivity index (χ3n) is 2.86. The molecule has 0 saturated heterocycles. The number of nitrogens with one attached hydrogen (secondary N) is 1. The van der Waals surface area contributed by atoms with E-state index in [0.717, 1.165) is 5.69 Å². The number of amides is 1. The maximum absolute atomic E-state index is 12.4. The van der Waals surface area contributed by atoms with Crippen molar-refractivity contribution in [1.82, 2.24) is 4.98 Å². The number of carbonyl (C=O) groups is 1. The van der Waals surface area contributed by atoms with E-state index in [9.17, 15) is 4.79 Å². The molecule has 1 heterocycles. The van der Waals surface area contributed by atoms with Gasteiger partial charge in [-0.05, 0) is 19.1 Å². The Morgan fingerprint density at radius 2 is 1.95 bits per heavy atom. The molecular formula is C14H17N3O3S. The normalized spacial score (nSPS) is 11.8. The van der Waals surface area contributed by atoms with Crippen LogP contribution in [0.2, 0.25) is 0 Å². The average molecular weight is 307 g/mol. The van der Waals surface area contributed by atoms with Crippen LogP contribution in [-0.2, 0) is 0 Å². The lowest BCUT2D eigenvalue weighted by Crippen LogP contribution is -2.15. The molecule has 2 rings (SSSR count). The number of nitrogens with two attached hydrogens (primary N) is 1. The first-order valence-corrected chi connectivity index (χ1v) is 7.18. The Morgan fingerprint density at radius 3 is 2.43 bits per heavy atom. The average Bonchev–Trinajstić information content (AvgIpc) is 2.94. The molecule has 21 heavy (non-hydrogen) atoms. The first-order chi connectivity index (χ1) is 10.1. The molecule has 1 amide bonds. The Hall–Kier alpha value is -2.12. The van der Waals surface area contributed by atoms with E-state index >= 15 is 0 Å². The van der Waals surface area contributed by atoms with Gasteiger partial charge in [0.2, 0.25) is 0 Å². The summed E-state index contributed by atoms with van der Waals surface area (Å²) in [7, 11) is 3.01. The zero-order chi connectivity index (χ0) is 15.4. The number of carbonyl (C=O) groups excluding carboxylic acids is 1. The molecular weight excluding hydrogens is 290 g/mol. The molecule has 0 radical (unpaired) electrons. The summed E-state index contributed by atoms with van der Waals surface area (Å²) in [5.74, 6) is 0.543. The highest BCUT2D eigenvalue weighted by Gasteiger charge is 2.19. The van der Waals surface area contributed by atoms with Crippen LogP contribution >= 0.6 is 11.3 Å². The van der Waals surface area contributed by atoms with Crippen molar-refractivity contribution in [2.24, 2.45) is 5.73 Å². The quantitative estimate of drug-likeness (QED) is 0.886. The number of hydrogen-bond acceptors (Lipinski definition) is 6. The van der Waals surface area contributed by atoms with Crippen molar-refractivity contribution in [2.75, 3.05) is 19.5 Å². The number of benzene rings is 1. The Balaban J connectivity index is 2.27. The highest BCUT2D eigenvalue weighted by molar-refractivity contribution is 7.14. The molecule has 0 fully saturated rings. The van der Waals surface area contributed by atoms with Crippen LogP contribution < -0.4 is 20.5 Å². The zero-order valence-corrected chi connectivity index (χ0v) is 12.9. The van der Waals surface area contributed by atoms with Crippen LogP contribution in [0.1, 0.15) is 29.0 Å². The summed E-state index contributed by atoms with van der Waals surface area (Å²) in [6, 6.07) is 4.98. The van der Waals surface area contributed by atoms with Crippen molar-refractivity contribution in [1.29, 1.82) is 0 Å². The van der Waals surface area contributed by atoms with E-state index in [1.54, 1.807) is 18.2 Å². The maximum atomic E-state index is 12.4. The molecule has 7 heteroatoms. The van der Waals surface area contributed by atoms with Crippen molar-refractivity contribution in [3.8, 4) is 11.5 Å². The minimum Gasteiger partial charge on any atom is -0.496 e. The molecule has 1 aromatic heterocycles. The van der Waals surface area contributed by atoms with Crippen molar-refractivity contribution in [3.05, 3.63) is 34.8 Å². The third-order valence-corrected chi connectivity index (χ3v) is 3.64. The molecule has 1 aromatic carbocycles. The van der Waals surface area contributed by atoms with E-state index in [-0.39, 0.29) is 11.9 Å². The number of ether oxygens (including phenoxy) is 2. The van der Waals surface area contributed by atoms with Gasteiger partial charge in [-0.3, -0.25) is 10.1 Å². The van der Waals surface area contributed by atoms with E-state index in [1.807, 2.05) is 12.3 Å². The molecule has 3 N–H and O–H groups in total. The van der Waals surface area contributed by atoms with E-state index in [4.69, 9.17) is 15.2 Å². The number of rotatable bonds is 5. The van der Waals surface area contributed by atoms with Crippen LogP contribution in [0, 0.1) is 0 Å². The summed E-state index contributed by atoms with van der Waals surface area (Å²) in [5, 5.41) is 5.04. The maximum Gasteiger partial charge on any atom is 0.265 e. The van der Waals surface area contributed by atoms with Gasteiger partial charge in [-0.1, -0.05) is 6.07 Å². The minimum atomic E-state index is -0.338. The summed E-state index contributed by atoms with van der Waals surface area (Å²) in [4.78, 5) is 16.7. The van der Waals surface area contributed by atoms with Gasteiger partial charge in [-0.2, -0.15) is 0 Å². The van der Waals surface area contributed by atoms with Gasteiger partial charge in [0, 0.05) is 11.4 Å². The topological polar surface area (TPSA) is 86.5 Å². The molecule has 0 bridgehead atoms. The molecule has 1 unspecified atom stereocenters. The predicted octanol–water partition coefficient (Wildman–Crippen LogP) is 2.43. The second-order valence-corrected chi connectivity index (χ2v) is 5.22. The van der Waals surface area contributed by atoms with Gasteiger partial charge in [-0.15, -0.1) is 11.3 Å². The molecule has 112 valence electrons. The second kappa shape index (κ2) is 6.55. The largest absolute Gasteiger partial charge is 0.496 e. The fraction of sp³-hybridized carbons (Fsp3) is 0.286. The van der Waals surface area contributed by atoms with Crippen LogP contribution in [0.15, 0.2) is 23.6 Å². The summed E-state index contributed by atoms with van der Waals surface area (Å²) in [6.45, 7) is 1.84. The van der Waals surface area contributed by atoms with Gasteiger partial charge < -0.3 is 15.2 Å². The van der Waals surface area contributed by atoms with Gasteiger partial charge in [0.15, 0.2) is 5.13 Å². The van der Waals surface area contributed by atoms with E-state index in [0.29, 0.717) is 22.2 Å². The SMILES string of the molecule is COc1cccc(OC)c1C(=O)Nc1nc(C(C)N)cs1. The molecule has 0 aliphatic rings. The highest BCUT2D eigenvalue weighted by Crippen LogP contribution is 2.29. The van der Waals surface area contributed by atoms with Gasteiger partial charge >= 0.3 is 0 Å². The monoisotopic (exact) mass is 307 g/mol. The van der Waals surface area contributed by atoms with Crippen LogP contribution in [0.4, 0.5) is 5.13 Å². The lowest BCUT2D eigenvalue weighted by molar-refractivity contribution is 0.102. The fourth-order valence-corrected chi connectivity index (χ4v) is 2.60. The Labute approximate surface area is 126 Å². The van der Waals surface area contributed by atoms with Crippen LogP contribution in [-0.4, -0.2) is 25.1 Å². The van der Waals surface area contributed by atoms with Crippen LogP contribution in [0.25, 0.3) is 0 Å². The summed E-state index contributed by atoms with van der Waals surface area (Å²) < 4.78 is 10.4. The van der Waals surface area contributed by atoms with Gasteiger partial charge in [0.25, 0.3) is 5.91 Å². The first-order valence-electron chi connectivity index (χ1n) is 6.30. The lowest BCUT2D eigenvalue weighted by Gasteiger charge is -2.11. The van der Waals surface area contributed by atoms with Crippen LogP contribution in [0.3, 0.4) is 0 Å². The van der Waals surface area contributed by atoms with Crippen molar-refractivity contribution in [2.45, 2.75) is 13.0 Å². The molecule has 2 aromatic rings. The Bertz CT molecular complexity index is 618. The molecule has 1 atom stereocenters. The Kier molecular flexibility index (Phi) is 4.77. The third kappa shape index (κ3) is 3.32. The standard InChI is InChI=1S/C14H17N3O3S/c1-8(15)9-7-21-14(16-9)17-13(18)12-10(19-2)5-4-6-11(12)20-3/h4-8H,15H2,1-3H3,(H,16,17,18). The zero-order valence-electron chi connectivity index (χ0n) is 12.0. The molecule has 0 saturated carbocycles. The summed E-state index contributed by atoms with van der Waals surface area (Å²) in [6.07, 6.45) is 0. The van der Waals surface area contributed by atoms with E-state index < -0.39 is 0 Å².